The Morgan fingerprint density at radius 1 is 0.500 bits per heavy atom. The van der Waals surface area contributed by atoms with E-state index in [9.17, 15) is 0 Å². The summed E-state index contributed by atoms with van der Waals surface area (Å²) in [5.41, 5.74) is 6.18. The summed E-state index contributed by atoms with van der Waals surface area (Å²) in [6.07, 6.45) is 0. The Bertz CT molecular complexity index is 557. The average Bonchev–Trinajstić information content (AvgIpc) is 2.51. The molecule has 0 bridgehead atoms. The molecule has 0 aliphatic rings. The molecule has 3 aromatic carbocycles. The smallest absolute Gasteiger partial charge is 0.0313 e. The van der Waals surface area contributed by atoms with Gasteiger partial charge in [-0.2, -0.15) is 0 Å². The predicted octanol–water partition coefficient (Wildman–Crippen LogP) is 3.58. The van der Waals surface area contributed by atoms with Gasteiger partial charge in [0.1, 0.15) is 0 Å². The molecule has 1 nitrogen and oxygen atoms in total. The highest BCUT2D eigenvalue weighted by molar-refractivity contribution is 7.55. The van der Waals surface area contributed by atoms with E-state index in [2.05, 4.69) is 60.7 Å². The molecule has 0 unspecified atom stereocenters. The lowest BCUT2D eigenvalue weighted by molar-refractivity contribution is 1.69. The van der Waals surface area contributed by atoms with Crippen molar-refractivity contribution in [2.45, 2.75) is 0 Å². The standard InChI is InChI=1S/C12H11P.C6H7N/c1-3-7-11(8-4-1)13-12-9-5-2-6-10-12;7-6-4-2-1-3-5-6/h1-10,13H;1-5H,7H2. The van der Waals surface area contributed by atoms with Crippen molar-refractivity contribution < 1.29 is 0 Å². The fourth-order valence-corrected chi connectivity index (χ4v) is 2.71. The fourth-order valence-electron chi connectivity index (χ4n) is 1.66. The summed E-state index contributed by atoms with van der Waals surface area (Å²) in [4.78, 5) is 0. The highest BCUT2D eigenvalue weighted by Gasteiger charge is 1.92. The number of benzene rings is 3. The predicted molar refractivity (Wildman–Crippen MR) is 91.3 cm³/mol. The quantitative estimate of drug-likeness (QED) is 0.563. The van der Waals surface area contributed by atoms with Gasteiger partial charge >= 0.3 is 0 Å². The van der Waals surface area contributed by atoms with Crippen molar-refractivity contribution >= 4 is 24.9 Å². The second-order valence-corrected chi connectivity index (χ2v) is 5.67. The van der Waals surface area contributed by atoms with Crippen LogP contribution >= 0.6 is 8.58 Å². The van der Waals surface area contributed by atoms with Crippen molar-refractivity contribution in [1.29, 1.82) is 0 Å². The topological polar surface area (TPSA) is 26.0 Å². The Morgan fingerprint density at radius 3 is 1.15 bits per heavy atom. The van der Waals surface area contributed by atoms with Gasteiger partial charge in [0.05, 0.1) is 0 Å². The molecule has 0 amide bonds. The van der Waals surface area contributed by atoms with Crippen molar-refractivity contribution in [2.24, 2.45) is 0 Å². The lowest BCUT2D eigenvalue weighted by atomic mass is 10.3. The van der Waals surface area contributed by atoms with E-state index in [0.29, 0.717) is 0 Å². The zero-order valence-electron chi connectivity index (χ0n) is 11.2. The van der Waals surface area contributed by atoms with E-state index in [-0.39, 0.29) is 0 Å². The van der Waals surface area contributed by atoms with Gasteiger partial charge in [-0.15, -0.1) is 0 Å². The van der Waals surface area contributed by atoms with Gasteiger partial charge in [-0.1, -0.05) is 87.4 Å². The SMILES string of the molecule is Nc1ccccc1.c1ccc(Pc2ccccc2)cc1. The summed E-state index contributed by atoms with van der Waals surface area (Å²) in [5, 5.41) is 2.79. The fraction of sp³-hybridized carbons (Fsp3) is 0. The highest BCUT2D eigenvalue weighted by atomic mass is 31.1. The third kappa shape index (κ3) is 5.26. The molecular weight excluding hydrogens is 261 g/mol. The van der Waals surface area contributed by atoms with Crippen molar-refractivity contribution in [3.8, 4) is 0 Å². The molecule has 0 saturated carbocycles. The van der Waals surface area contributed by atoms with E-state index >= 15 is 0 Å². The summed E-state index contributed by atoms with van der Waals surface area (Å²) in [5.74, 6) is 0. The van der Waals surface area contributed by atoms with Crippen LogP contribution in [0.25, 0.3) is 0 Å². The number of nitrogens with two attached hydrogens (primary N) is 1. The minimum atomic E-state index is 0.777. The maximum Gasteiger partial charge on any atom is 0.0313 e. The summed E-state index contributed by atoms with van der Waals surface area (Å²) in [6.45, 7) is 0. The molecule has 0 atom stereocenters. The molecule has 2 N–H and O–H groups in total. The second kappa shape index (κ2) is 8.14. The number of nitrogen functional groups attached to an aromatic ring is 1. The van der Waals surface area contributed by atoms with Crippen LogP contribution in [0, 0.1) is 0 Å². The Labute approximate surface area is 122 Å². The van der Waals surface area contributed by atoms with Crippen LogP contribution in [0.4, 0.5) is 5.69 Å². The van der Waals surface area contributed by atoms with Gasteiger partial charge < -0.3 is 5.73 Å². The lowest BCUT2D eigenvalue weighted by Gasteiger charge is -2.00. The van der Waals surface area contributed by atoms with Gasteiger partial charge in [0.2, 0.25) is 0 Å². The van der Waals surface area contributed by atoms with Crippen molar-refractivity contribution in [3.05, 3.63) is 91.0 Å². The third-order valence-electron chi connectivity index (χ3n) is 2.64. The van der Waals surface area contributed by atoms with Crippen molar-refractivity contribution in [1.82, 2.24) is 0 Å². The molecule has 0 heterocycles. The summed E-state index contributed by atoms with van der Waals surface area (Å²) in [7, 11) is 0.777. The number of para-hydroxylation sites is 1. The monoisotopic (exact) mass is 279 g/mol. The first-order valence-corrected chi connectivity index (χ1v) is 7.52. The number of hydrogen-bond donors (Lipinski definition) is 1. The van der Waals surface area contributed by atoms with Crippen LogP contribution < -0.4 is 16.3 Å². The zero-order valence-corrected chi connectivity index (χ0v) is 12.2. The summed E-state index contributed by atoms with van der Waals surface area (Å²) >= 11 is 0. The molecule has 0 radical (unpaired) electrons. The van der Waals surface area contributed by atoms with Gasteiger partial charge in [-0.05, 0) is 22.7 Å². The third-order valence-corrected chi connectivity index (χ3v) is 3.88. The second-order valence-electron chi connectivity index (χ2n) is 4.27. The maximum atomic E-state index is 5.36. The summed E-state index contributed by atoms with van der Waals surface area (Å²) < 4.78 is 0. The van der Waals surface area contributed by atoms with Crippen LogP contribution in [0.1, 0.15) is 0 Å². The van der Waals surface area contributed by atoms with Crippen molar-refractivity contribution in [2.75, 3.05) is 5.73 Å². The minimum Gasteiger partial charge on any atom is -0.399 e. The van der Waals surface area contributed by atoms with Gasteiger partial charge in [0.15, 0.2) is 0 Å². The molecule has 3 rings (SSSR count). The molecule has 100 valence electrons. The van der Waals surface area contributed by atoms with E-state index in [1.165, 1.54) is 10.6 Å². The first-order valence-electron chi connectivity index (χ1n) is 6.52. The van der Waals surface area contributed by atoms with Crippen LogP contribution in [-0.2, 0) is 0 Å². The molecule has 20 heavy (non-hydrogen) atoms. The maximum absolute atomic E-state index is 5.36. The first kappa shape index (κ1) is 14.3. The Balaban J connectivity index is 0.000000178. The molecule has 3 aromatic rings. The molecule has 0 spiro atoms. The number of anilines is 1. The Hall–Kier alpha value is -2.11. The van der Waals surface area contributed by atoms with Gasteiger partial charge in [0.25, 0.3) is 0 Å². The molecule has 0 saturated heterocycles. The highest BCUT2D eigenvalue weighted by Crippen LogP contribution is 2.08. The molecule has 2 heteroatoms. The normalized spacial score (nSPS) is 9.40. The minimum absolute atomic E-state index is 0.777. The lowest BCUT2D eigenvalue weighted by Crippen LogP contribution is -2.01. The van der Waals surface area contributed by atoms with E-state index in [1.54, 1.807) is 0 Å². The van der Waals surface area contributed by atoms with E-state index in [0.717, 1.165) is 14.3 Å². The van der Waals surface area contributed by atoms with Crippen LogP contribution in [0.3, 0.4) is 0 Å². The van der Waals surface area contributed by atoms with Gasteiger partial charge in [-0.25, -0.2) is 0 Å². The van der Waals surface area contributed by atoms with E-state index < -0.39 is 0 Å². The molecule has 0 fully saturated rings. The largest absolute Gasteiger partial charge is 0.399 e. The van der Waals surface area contributed by atoms with Gasteiger partial charge in [0, 0.05) is 5.69 Å². The zero-order chi connectivity index (χ0) is 14.0. The van der Waals surface area contributed by atoms with Crippen LogP contribution in [0.15, 0.2) is 91.0 Å². The van der Waals surface area contributed by atoms with Crippen LogP contribution in [-0.4, -0.2) is 0 Å². The molecule has 0 aromatic heterocycles. The van der Waals surface area contributed by atoms with Crippen LogP contribution in [0.2, 0.25) is 0 Å². The summed E-state index contributed by atoms with van der Waals surface area (Å²) in [6, 6.07) is 30.6. The van der Waals surface area contributed by atoms with E-state index in [4.69, 9.17) is 5.73 Å². The average molecular weight is 279 g/mol. The number of hydrogen-bond acceptors (Lipinski definition) is 1. The van der Waals surface area contributed by atoms with E-state index in [1.807, 2.05) is 30.3 Å². The molecule has 0 aliphatic heterocycles. The van der Waals surface area contributed by atoms with Gasteiger partial charge in [-0.3, -0.25) is 0 Å². The number of rotatable bonds is 2. The Kier molecular flexibility index (Phi) is 5.82. The first-order chi connectivity index (χ1) is 9.84. The Morgan fingerprint density at radius 2 is 0.850 bits per heavy atom. The molecular formula is C18H18NP. The van der Waals surface area contributed by atoms with Crippen molar-refractivity contribution in [3.63, 3.8) is 0 Å². The van der Waals surface area contributed by atoms with Crippen LogP contribution in [0.5, 0.6) is 0 Å². The molecule has 0 aliphatic carbocycles.